The second-order valence-corrected chi connectivity index (χ2v) is 7.33. The molecule has 1 heterocycles. The van der Waals surface area contributed by atoms with Crippen molar-refractivity contribution in [3.63, 3.8) is 0 Å². The highest BCUT2D eigenvalue weighted by Crippen LogP contribution is 2.29. The first kappa shape index (κ1) is 20.4. The number of carbonyl (C=O) groups is 3. The van der Waals surface area contributed by atoms with Crippen LogP contribution in [0.3, 0.4) is 0 Å². The molecular weight excluding hydrogens is 394 g/mol. The molecule has 158 valence electrons. The Balaban J connectivity index is 1.36. The normalized spacial score (nSPS) is 15.8. The highest BCUT2D eigenvalue weighted by molar-refractivity contribution is 6.24. The number of rotatable bonds is 7. The lowest BCUT2D eigenvalue weighted by Gasteiger charge is -2.15. The molecular formula is C24H23N3O4. The van der Waals surface area contributed by atoms with E-state index in [4.69, 9.17) is 4.74 Å². The quantitative estimate of drug-likeness (QED) is 0.579. The number of amides is 4. The standard InChI is InChI=1S/C24H23N3O4/c1-31-18-11-9-16(10-12-18)13-14-25-22(28)15-20-23(29)27(24(30)26-20)21-8-4-6-17-5-2-3-7-19(17)21/h2-12,20H,13-15H2,1H3,(H,25,28)(H,26,30). The number of hydrogen-bond acceptors (Lipinski definition) is 4. The number of urea groups is 1. The lowest BCUT2D eigenvalue weighted by atomic mass is 10.1. The lowest BCUT2D eigenvalue weighted by Crippen LogP contribution is -2.37. The maximum Gasteiger partial charge on any atom is 0.329 e. The van der Waals surface area contributed by atoms with Crippen molar-refractivity contribution < 1.29 is 19.1 Å². The van der Waals surface area contributed by atoms with E-state index < -0.39 is 18.0 Å². The van der Waals surface area contributed by atoms with Crippen LogP contribution in [0, 0.1) is 0 Å². The Morgan fingerprint density at radius 2 is 1.77 bits per heavy atom. The second kappa shape index (κ2) is 8.87. The Morgan fingerprint density at radius 1 is 1.03 bits per heavy atom. The van der Waals surface area contributed by atoms with Crippen LogP contribution in [0.15, 0.2) is 66.7 Å². The lowest BCUT2D eigenvalue weighted by molar-refractivity contribution is -0.125. The van der Waals surface area contributed by atoms with Crippen LogP contribution in [0.2, 0.25) is 0 Å². The summed E-state index contributed by atoms with van der Waals surface area (Å²) in [6.45, 7) is 0.438. The van der Waals surface area contributed by atoms with Gasteiger partial charge in [0, 0.05) is 11.9 Å². The minimum Gasteiger partial charge on any atom is -0.497 e. The Morgan fingerprint density at radius 3 is 2.55 bits per heavy atom. The van der Waals surface area contributed by atoms with Gasteiger partial charge >= 0.3 is 6.03 Å². The molecule has 1 unspecified atom stereocenters. The molecule has 2 N–H and O–H groups in total. The zero-order valence-corrected chi connectivity index (χ0v) is 17.1. The number of carbonyl (C=O) groups excluding carboxylic acids is 3. The van der Waals surface area contributed by atoms with Gasteiger partial charge in [0.25, 0.3) is 5.91 Å². The summed E-state index contributed by atoms with van der Waals surface area (Å²) in [4.78, 5) is 38.9. The Kier molecular flexibility index (Phi) is 5.84. The van der Waals surface area contributed by atoms with Gasteiger partial charge in [0.15, 0.2) is 0 Å². The molecule has 3 aromatic rings. The van der Waals surface area contributed by atoms with Gasteiger partial charge in [0.2, 0.25) is 5.91 Å². The van der Waals surface area contributed by atoms with E-state index in [0.29, 0.717) is 18.7 Å². The van der Waals surface area contributed by atoms with Crippen molar-refractivity contribution >= 4 is 34.3 Å². The van der Waals surface area contributed by atoms with E-state index in [2.05, 4.69) is 10.6 Å². The molecule has 1 aliphatic heterocycles. The highest BCUT2D eigenvalue weighted by atomic mass is 16.5. The summed E-state index contributed by atoms with van der Waals surface area (Å²) in [6.07, 6.45) is 0.553. The molecule has 1 fully saturated rings. The van der Waals surface area contributed by atoms with Crippen LogP contribution in [-0.2, 0) is 16.0 Å². The molecule has 0 spiro atoms. The fraction of sp³-hybridized carbons (Fsp3) is 0.208. The van der Waals surface area contributed by atoms with Crippen LogP contribution in [0.5, 0.6) is 5.75 Å². The number of methoxy groups -OCH3 is 1. The molecule has 0 aliphatic carbocycles. The smallest absolute Gasteiger partial charge is 0.329 e. The zero-order chi connectivity index (χ0) is 21.8. The fourth-order valence-electron chi connectivity index (χ4n) is 3.70. The van der Waals surface area contributed by atoms with Crippen LogP contribution in [-0.4, -0.2) is 37.5 Å². The molecule has 0 bridgehead atoms. The van der Waals surface area contributed by atoms with Crippen molar-refractivity contribution in [2.75, 3.05) is 18.6 Å². The summed E-state index contributed by atoms with van der Waals surface area (Å²) in [5, 5.41) is 7.18. The largest absolute Gasteiger partial charge is 0.497 e. The highest BCUT2D eigenvalue weighted by Gasteiger charge is 2.40. The minimum absolute atomic E-state index is 0.103. The molecule has 3 aromatic carbocycles. The molecule has 1 atom stereocenters. The monoisotopic (exact) mass is 417 g/mol. The first-order valence-electron chi connectivity index (χ1n) is 10.1. The van der Waals surface area contributed by atoms with Crippen LogP contribution >= 0.6 is 0 Å². The summed E-state index contributed by atoms with van der Waals surface area (Å²) in [7, 11) is 1.61. The Labute approximate surface area is 180 Å². The van der Waals surface area contributed by atoms with Gasteiger partial charge in [0.05, 0.1) is 19.2 Å². The minimum atomic E-state index is -0.882. The molecule has 7 nitrogen and oxygen atoms in total. The van der Waals surface area contributed by atoms with Gasteiger partial charge in [-0.05, 0) is 35.6 Å². The van der Waals surface area contributed by atoms with E-state index in [-0.39, 0.29) is 12.3 Å². The Hall–Kier alpha value is -3.87. The van der Waals surface area contributed by atoms with E-state index in [1.165, 1.54) is 0 Å². The summed E-state index contributed by atoms with van der Waals surface area (Å²) < 4.78 is 5.13. The molecule has 0 saturated carbocycles. The number of nitrogens with zero attached hydrogens (tertiary/aromatic N) is 1. The van der Waals surface area contributed by atoms with E-state index in [1.54, 1.807) is 19.2 Å². The topological polar surface area (TPSA) is 87.7 Å². The molecule has 0 aromatic heterocycles. The number of hydrogen-bond donors (Lipinski definition) is 2. The molecule has 7 heteroatoms. The van der Waals surface area contributed by atoms with Crippen LogP contribution < -0.4 is 20.3 Å². The summed E-state index contributed by atoms with van der Waals surface area (Å²) >= 11 is 0. The van der Waals surface area contributed by atoms with Crippen molar-refractivity contribution in [3.8, 4) is 5.75 Å². The summed E-state index contributed by atoms with van der Waals surface area (Å²) in [5.41, 5.74) is 1.58. The first-order valence-corrected chi connectivity index (χ1v) is 10.1. The number of nitrogens with one attached hydrogen (secondary N) is 2. The molecule has 0 radical (unpaired) electrons. The van der Waals surface area contributed by atoms with Gasteiger partial charge in [-0.1, -0.05) is 48.5 Å². The number of imide groups is 1. The van der Waals surface area contributed by atoms with Crippen LogP contribution in [0.4, 0.5) is 10.5 Å². The van der Waals surface area contributed by atoms with Crippen molar-refractivity contribution in [3.05, 3.63) is 72.3 Å². The Bertz CT molecular complexity index is 1120. The molecule has 4 rings (SSSR count). The van der Waals surface area contributed by atoms with Crippen molar-refractivity contribution in [1.82, 2.24) is 10.6 Å². The van der Waals surface area contributed by atoms with E-state index in [9.17, 15) is 14.4 Å². The third-order valence-corrected chi connectivity index (χ3v) is 5.31. The van der Waals surface area contributed by atoms with Gasteiger partial charge in [-0.2, -0.15) is 0 Å². The number of fused-ring (bicyclic) bond motifs is 1. The van der Waals surface area contributed by atoms with Crippen LogP contribution in [0.25, 0.3) is 10.8 Å². The predicted octanol–water partition coefficient (Wildman–Crippen LogP) is 3.02. The van der Waals surface area contributed by atoms with Crippen molar-refractivity contribution in [2.24, 2.45) is 0 Å². The molecule has 31 heavy (non-hydrogen) atoms. The number of anilines is 1. The SMILES string of the molecule is COc1ccc(CCNC(=O)CC2NC(=O)N(c3cccc4ccccc34)C2=O)cc1. The maximum atomic E-state index is 12.9. The van der Waals surface area contributed by atoms with Gasteiger partial charge in [-0.25, -0.2) is 9.69 Å². The zero-order valence-electron chi connectivity index (χ0n) is 17.1. The van der Waals surface area contributed by atoms with Crippen molar-refractivity contribution in [2.45, 2.75) is 18.9 Å². The number of ether oxygens (including phenoxy) is 1. The first-order chi connectivity index (χ1) is 15.1. The van der Waals surface area contributed by atoms with Gasteiger partial charge in [-0.15, -0.1) is 0 Å². The second-order valence-electron chi connectivity index (χ2n) is 7.33. The molecule has 1 aliphatic rings. The van der Waals surface area contributed by atoms with Crippen molar-refractivity contribution in [1.29, 1.82) is 0 Å². The maximum absolute atomic E-state index is 12.9. The average Bonchev–Trinajstić information content (AvgIpc) is 3.06. The third-order valence-electron chi connectivity index (χ3n) is 5.31. The summed E-state index contributed by atoms with van der Waals surface area (Å²) in [6, 6.07) is 19.2. The molecule has 1 saturated heterocycles. The molecule has 4 amide bonds. The van der Waals surface area contributed by atoms with E-state index in [0.717, 1.165) is 27.0 Å². The van der Waals surface area contributed by atoms with E-state index >= 15 is 0 Å². The fourth-order valence-corrected chi connectivity index (χ4v) is 3.70. The third kappa shape index (κ3) is 4.35. The van der Waals surface area contributed by atoms with Gasteiger partial charge < -0.3 is 15.4 Å². The summed E-state index contributed by atoms with van der Waals surface area (Å²) in [5.74, 6) is 0.0672. The number of benzene rings is 3. The van der Waals surface area contributed by atoms with Gasteiger partial charge in [0.1, 0.15) is 11.8 Å². The average molecular weight is 417 g/mol. The van der Waals surface area contributed by atoms with Crippen LogP contribution in [0.1, 0.15) is 12.0 Å². The van der Waals surface area contributed by atoms with Gasteiger partial charge in [-0.3, -0.25) is 9.59 Å². The van der Waals surface area contributed by atoms with E-state index in [1.807, 2.05) is 54.6 Å². The predicted molar refractivity (Wildman–Crippen MR) is 118 cm³/mol.